The molecule has 9 nitrogen and oxygen atoms in total. The molecular formula is C29H27ClF6N6O3. The van der Waals surface area contributed by atoms with Crippen molar-refractivity contribution in [3.05, 3.63) is 64.8 Å². The van der Waals surface area contributed by atoms with E-state index in [4.69, 9.17) is 11.6 Å². The van der Waals surface area contributed by atoms with Gasteiger partial charge in [-0.2, -0.15) is 31.3 Å². The quantitative estimate of drug-likeness (QED) is 0.191. The van der Waals surface area contributed by atoms with Gasteiger partial charge in [-0.05, 0) is 86.1 Å². The van der Waals surface area contributed by atoms with Crippen molar-refractivity contribution in [2.45, 2.75) is 44.5 Å². The highest BCUT2D eigenvalue weighted by atomic mass is 35.5. The van der Waals surface area contributed by atoms with E-state index in [0.717, 1.165) is 61.4 Å². The van der Waals surface area contributed by atoms with Crippen molar-refractivity contribution in [2.24, 2.45) is 5.92 Å². The van der Waals surface area contributed by atoms with Crippen LogP contribution in [0, 0.1) is 5.92 Å². The van der Waals surface area contributed by atoms with Crippen molar-refractivity contribution >= 4 is 57.9 Å². The lowest BCUT2D eigenvalue weighted by Crippen LogP contribution is -2.39. The number of fused-ring (bicyclic) bond motifs is 6. The monoisotopic (exact) mass is 656 g/mol. The van der Waals surface area contributed by atoms with Crippen LogP contribution in [-0.4, -0.2) is 52.9 Å². The number of halogens is 7. The number of Topliss-reactive ketones (excluding diaryl/α,β-unsaturated/α-hetero) is 2. The maximum absolute atomic E-state index is 12.8. The molecule has 0 spiro atoms. The average molecular weight is 657 g/mol. The van der Waals surface area contributed by atoms with Crippen molar-refractivity contribution in [2.75, 3.05) is 29.0 Å². The maximum Gasteiger partial charge on any atom is 0.458 e. The van der Waals surface area contributed by atoms with Crippen molar-refractivity contribution in [1.82, 2.24) is 15.3 Å². The number of anilines is 5. The van der Waals surface area contributed by atoms with Gasteiger partial charge in [0.2, 0.25) is 11.9 Å². The van der Waals surface area contributed by atoms with Crippen LogP contribution in [-0.2, 0) is 27.2 Å². The Kier molecular flexibility index (Phi) is 10.7. The molecule has 16 heteroatoms. The Bertz CT molecular complexity index is 1540. The number of nitrogens with one attached hydrogen (secondary N) is 4. The SMILES string of the molecule is O=C(C(=O)C(F)(F)F)C(F)(F)F.O=C(C[C@H]1CCCNC1)Nc1ccc2cc1CCc1cccc(c1)Nc1ncc(Cl)c(n1)N2. The second kappa shape index (κ2) is 14.2. The van der Waals surface area contributed by atoms with Gasteiger partial charge >= 0.3 is 23.9 Å². The Morgan fingerprint density at radius 1 is 0.933 bits per heavy atom. The fourth-order valence-electron chi connectivity index (χ4n) is 4.68. The number of carbonyl (C=O) groups is 3. The maximum atomic E-state index is 12.8. The Balaban J connectivity index is 0.000000328. The molecule has 2 aromatic carbocycles. The molecule has 0 unspecified atom stereocenters. The number of aryl methyl sites for hydroxylation is 2. The van der Waals surface area contributed by atoms with E-state index in [2.05, 4.69) is 49.4 Å². The lowest BCUT2D eigenvalue weighted by Gasteiger charge is -2.22. The summed E-state index contributed by atoms with van der Waals surface area (Å²) in [7, 11) is 0. The van der Waals surface area contributed by atoms with Crippen molar-refractivity contribution in [3.8, 4) is 0 Å². The van der Waals surface area contributed by atoms with Crippen LogP contribution in [0.3, 0.4) is 0 Å². The standard InChI is InChI=1S/C25H27ClN6O.C4F6O2/c26-21-15-28-25-30-19-5-1-3-16(11-19)6-7-18-13-20(29-24(21)32-25)8-9-22(18)31-23(33)12-17-4-2-10-27-14-17;5-3(6,7)1(11)2(12)4(8,9)10/h1,3,5,8-9,11,13,15,17,27H,2,4,6-7,10,12,14H2,(H,31,33)(H2,28,29,30,32);/t17-;/m1./s1. The molecule has 45 heavy (non-hydrogen) atoms. The molecule has 0 radical (unpaired) electrons. The first-order valence-corrected chi connectivity index (χ1v) is 14.1. The predicted molar refractivity (Wildman–Crippen MR) is 155 cm³/mol. The van der Waals surface area contributed by atoms with E-state index in [9.17, 15) is 40.7 Å². The van der Waals surface area contributed by atoms with E-state index >= 15 is 0 Å². The van der Waals surface area contributed by atoms with Gasteiger partial charge in [0, 0.05) is 23.5 Å². The summed E-state index contributed by atoms with van der Waals surface area (Å²) in [4.78, 5) is 40.8. The summed E-state index contributed by atoms with van der Waals surface area (Å²) in [5.74, 6) is -5.35. The average Bonchev–Trinajstić information content (AvgIpc) is 2.98. The fourth-order valence-corrected chi connectivity index (χ4v) is 4.82. The van der Waals surface area contributed by atoms with Gasteiger partial charge < -0.3 is 21.3 Å². The highest BCUT2D eigenvalue weighted by Crippen LogP contribution is 2.30. The zero-order chi connectivity index (χ0) is 32.8. The third-order valence-electron chi connectivity index (χ3n) is 6.85. The highest BCUT2D eigenvalue weighted by Gasteiger charge is 2.54. The Hall–Kier alpha value is -4.24. The molecule has 5 rings (SSSR count). The van der Waals surface area contributed by atoms with Crippen LogP contribution in [0.4, 0.5) is 55.2 Å². The van der Waals surface area contributed by atoms with Gasteiger partial charge in [-0.3, -0.25) is 14.4 Å². The third kappa shape index (κ3) is 9.62. The molecular weight excluding hydrogens is 630 g/mol. The first-order chi connectivity index (χ1) is 21.2. The van der Waals surface area contributed by atoms with Gasteiger partial charge in [0.05, 0.1) is 6.20 Å². The summed E-state index contributed by atoms with van der Waals surface area (Å²) in [6.45, 7) is 1.96. The molecule has 3 aromatic rings. The number of nitrogens with zero attached hydrogens (tertiary/aromatic N) is 2. The van der Waals surface area contributed by atoms with Crippen LogP contribution in [0.5, 0.6) is 0 Å². The lowest BCUT2D eigenvalue weighted by molar-refractivity contribution is -0.193. The number of hydrogen-bond acceptors (Lipinski definition) is 8. The van der Waals surface area contributed by atoms with Crippen LogP contribution >= 0.6 is 11.6 Å². The van der Waals surface area contributed by atoms with Crippen molar-refractivity contribution < 1.29 is 40.7 Å². The number of aromatic nitrogens is 2. The minimum absolute atomic E-state index is 0.0678. The van der Waals surface area contributed by atoms with E-state index in [1.807, 2.05) is 24.3 Å². The second-order valence-corrected chi connectivity index (χ2v) is 10.7. The normalized spacial score (nSPS) is 16.2. The summed E-state index contributed by atoms with van der Waals surface area (Å²) in [6.07, 6.45) is -5.56. The van der Waals surface area contributed by atoms with E-state index in [0.29, 0.717) is 29.1 Å². The minimum Gasteiger partial charge on any atom is -0.339 e. The first kappa shape index (κ1) is 33.6. The summed E-state index contributed by atoms with van der Waals surface area (Å²) < 4.78 is 67.0. The molecule has 1 aromatic heterocycles. The molecule has 3 heterocycles. The number of rotatable bonds is 4. The smallest absolute Gasteiger partial charge is 0.339 e. The van der Waals surface area contributed by atoms with Crippen molar-refractivity contribution in [1.29, 1.82) is 0 Å². The Morgan fingerprint density at radius 3 is 2.31 bits per heavy atom. The summed E-state index contributed by atoms with van der Waals surface area (Å²) in [5, 5.41) is 13.5. The lowest BCUT2D eigenvalue weighted by atomic mass is 9.95. The zero-order valence-corrected chi connectivity index (χ0v) is 24.2. The minimum atomic E-state index is -5.77. The molecule has 0 aliphatic carbocycles. The highest BCUT2D eigenvalue weighted by molar-refractivity contribution is 6.41. The van der Waals surface area contributed by atoms with Gasteiger partial charge in [0.25, 0.3) is 0 Å². The molecule has 1 amide bonds. The number of ketones is 2. The Labute approximate surface area is 258 Å². The number of piperidine rings is 1. The van der Waals surface area contributed by atoms with Gasteiger partial charge in [-0.15, -0.1) is 0 Å². The molecule has 2 aliphatic heterocycles. The third-order valence-corrected chi connectivity index (χ3v) is 7.12. The number of amides is 1. The zero-order valence-electron chi connectivity index (χ0n) is 23.4. The second-order valence-electron chi connectivity index (χ2n) is 10.3. The predicted octanol–water partition coefficient (Wildman–Crippen LogP) is 6.29. The van der Waals surface area contributed by atoms with Gasteiger partial charge in [0.1, 0.15) is 5.02 Å². The summed E-state index contributed by atoms with van der Waals surface area (Å²) in [6, 6.07) is 14.2. The van der Waals surface area contributed by atoms with Crippen molar-refractivity contribution in [3.63, 3.8) is 0 Å². The molecule has 1 saturated heterocycles. The number of benzene rings is 2. The van der Waals surface area contributed by atoms with Crippen LogP contribution in [0.25, 0.3) is 0 Å². The summed E-state index contributed by atoms with van der Waals surface area (Å²) >= 11 is 6.35. The largest absolute Gasteiger partial charge is 0.458 e. The molecule has 4 N–H and O–H groups in total. The van der Waals surface area contributed by atoms with E-state index in [1.54, 1.807) is 6.20 Å². The fraction of sp³-hybridized carbons (Fsp3) is 0.345. The Morgan fingerprint density at radius 2 is 1.64 bits per heavy atom. The van der Waals surface area contributed by atoms with E-state index in [1.165, 1.54) is 5.56 Å². The van der Waals surface area contributed by atoms with Gasteiger partial charge in [-0.1, -0.05) is 23.7 Å². The first-order valence-electron chi connectivity index (χ1n) is 13.7. The van der Waals surface area contributed by atoms with Crippen LogP contribution in [0.1, 0.15) is 30.4 Å². The molecule has 240 valence electrons. The molecule has 6 bridgehead atoms. The van der Waals surface area contributed by atoms with Gasteiger partial charge in [-0.25, -0.2) is 4.98 Å². The van der Waals surface area contributed by atoms with E-state index < -0.39 is 23.9 Å². The van der Waals surface area contributed by atoms with Crippen LogP contribution in [0.2, 0.25) is 5.02 Å². The molecule has 0 saturated carbocycles. The molecule has 1 atom stereocenters. The van der Waals surface area contributed by atoms with Crippen LogP contribution in [0.15, 0.2) is 48.7 Å². The topological polar surface area (TPSA) is 125 Å². The summed E-state index contributed by atoms with van der Waals surface area (Å²) in [5.41, 5.74) is 4.89. The number of hydrogen-bond donors (Lipinski definition) is 4. The molecule has 1 fully saturated rings. The number of alkyl halides is 6. The van der Waals surface area contributed by atoms with E-state index in [-0.39, 0.29) is 5.91 Å². The molecule has 2 aliphatic rings. The number of carbonyl (C=O) groups excluding carboxylic acids is 3. The van der Waals surface area contributed by atoms with Gasteiger partial charge in [0.15, 0.2) is 5.82 Å². The van der Waals surface area contributed by atoms with Crippen LogP contribution < -0.4 is 21.3 Å².